The standard InChI is InChI=1S/C25H22N6O/c1-15-7-19-8-17(3-4-23(19)29-13-15)9-22-11-18(5-6-28-22)25(32)30-14-21-10-20(12-26)24(27)31-16(21)2/h3-8,10-11,13H,9,14H2,1-2H3,(H2,27,31)(H,30,32). The molecular weight excluding hydrogens is 400 g/mol. The summed E-state index contributed by atoms with van der Waals surface area (Å²) in [5.74, 6) is -0.0276. The summed E-state index contributed by atoms with van der Waals surface area (Å²) >= 11 is 0. The maximum absolute atomic E-state index is 12.7. The summed E-state index contributed by atoms with van der Waals surface area (Å²) in [4.78, 5) is 25.7. The van der Waals surface area contributed by atoms with Gasteiger partial charge in [0.25, 0.3) is 5.91 Å². The number of fused-ring (bicyclic) bond motifs is 1. The van der Waals surface area contributed by atoms with E-state index in [1.165, 1.54) is 0 Å². The first-order valence-electron chi connectivity index (χ1n) is 10.2. The number of nitrogens with two attached hydrogens (primary N) is 1. The van der Waals surface area contributed by atoms with Gasteiger partial charge < -0.3 is 11.1 Å². The molecule has 0 saturated heterocycles. The number of hydrogen-bond acceptors (Lipinski definition) is 6. The average molecular weight is 422 g/mol. The average Bonchev–Trinajstić information content (AvgIpc) is 2.78. The number of carbonyl (C=O) groups excluding carboxylic acids is 1. The fourth-order valence-corrected chi connectivity index (χ4v) is 3.54. The zero-order chi connectivity index (χ0) is 22.7. The molecule has 4 aromatic rings. The number of nitriles is 1. The van der Waals surface area contributed by atoms with Crippen LogP contribution >= 0.6 is 0 Å². The molecule has 0 unspecified atom stereocenters. The number of nitrogens with zero attached hydrogens (tertiary/aromatic N) is 4. The van der Waals surface area contributed by atoms with Crippen LogP contribution in [0.3, 0.4) is 0 Å². The lowest BCUT2D eigenvalue weighted by molar-refractivity contribution is 0.0950. The van der Waals surface area contributed by atoms with Crippen LogP contribution in [0, 0.1) is 25.2 Å². The summed E-state index contributed by atoms with van der Waals surface area (Å²) in [7, 11) is 0. The highest BCUT2D eigenvalue weighted by Crippen LogP contribution is 2.18. The number of aromatic nitrogens is 3. The quantitative estimate of drug-likeness (QED) is 0.507. The van der Waals surface area contributed by atoms with Crippen molar-refractivity contribution in [2.45, 2.75) is 26.8 Å². The van der Waals surface area contributed by atoms with Crippen molar-refractivity contribution in [2.75, 3.05) is 5.73 Å². The van der Waals surface area contributed by atoms with Crippen LogP contribution in [0.5, 0.6) is 0 Å². The summed E-state index contributed by atoms with van der Waals surface area (Å²) < 4.78 is 0. The molecule has 0 aliphatic carbocycles. The Morgan fingerprint density at radius 3 is 2.78 bits per heavy atom. The van der Waals surface area contributed by atoms with Crippen molar-refractivity contribution in [2.24, 2.45) is 0 Å². The van der Waals surface area contributed by atoms with Gasteiger partial charge in [-0.1, -0.05) is 6.07 Å². The van der Waals surface area contributed by atoms with Gasteiger partial charge in [-0.15, -0.1) is 0 Å². The molecule has 0 fully saturated rings. The SMILES string of the molecule is Cc1cnc2ccc(Cc3cc(C(=O)NCc4cc(C#N)c(N)nc4C)ccn3)cc2c1. The summed E-state index contributed by atoms with van der Waals surface area (Å²) in [5, 5.41) is 13.1. The zero-order valence-corrected chi connectivity index (χ0v) is 17.9. The van der Waals surface area contributed by atoms with Crippen molar-refractivity contribution in [3.05, 3.63) is 94.1 Å². The molecule has 7 heteroatoms. The molecule has 1 amide bonds. The van der Waals surface area contributed by atoms with E-state index < -0.39 is 0 Å². The van der Waals surface area contributed by atoms with Crippen LogP contribution in [0.1, 0.15) is 44.0 Å². The summed E-state index contributed by atoms with van der Waals surface area (Å²) in [6, 6.07) is 15.4. The molecule has 1 aromatic carbocycles. The van der Waals surface area contributed by atoms with Crippen molar-refractivity contribution in [1.29, 1.82) is 5.26 Å². The highest BCUT2D eigenvalue weighted by molar-refractivity contribution is 5.94. The molecule has 7 nitrogen and oxygen atoms in total. The first-order chi connectivity index (χ1) is 15.4. The van der Waals surface area contributed by atoms with Gasteiger partial charge in [-0.25, -0.2) is 4.98 Å². The number of anilines is 1. The zero-order valence-electron chi connectivity index (χ0n) is 17.9. The van der Waals surface area contributed by atoms with E-state index in [1.807, 2.05) is 31.3 Å². The minimum atomic E-state index is -0.221. The third-order valence-corrected chi connectivity index (χ3v) is 5.25. The lowest BCUT2D eigenvalue weighted by atomic mass is 10.0. The number of rotatable bonds is 5. The number of nitrogen functional groups attached to an aromatic ring is 1. The molecular formula is C25H22N6O. The van der Waals surface area contributed by atoms with Gasteiger partial charge in [-0.3, -0.25) is 14.8 Å². The predicted molar refractivity (Wildman–Crippen MR) is 123 cm³/mol. The smallest absolute Gasteiger partial charge is 0.251 e. The van der Waals surface area contributed by atoms with Crippen molar-refractivity contribution in [3.8, 4) is 6.07 Å². The molecule has 4 rings (SSSR count). The van der Waals surface area contributed by atoms with Crippen LogP contribution in [0.15, 0.2) is 54.9 Å². The first-order valence-corrected chi connectivity index (χ1v) is 10.2. The van der Waals surface area contributed by atoms with Gasteiger partial charge in [0.05, 0.1) is 11.1 Å². The topological polar surface area (TPSA) is 118 Å². The van der Waals surface area contributed by atoms with Crippen molar-refractivity contribution in [3.63, 3.8) is 0 Å². The van der Waals surface area contributed by atoms with E-state index in [1.54, 1.807) is 31.3 Å². The minimum absolute atomic E-state index is 0.193. The van der Waals surface area contributed by atoms with Gasteiger partial charge in [0.15, 0.2) is 0 Å². The fourth-order valence-electron chi connectivity index (χ4n) is 3.54. The maximum atomic E-state index is 12.7. The number of nitrogens with one attached hydrogen (secondary N) is 1. The number of benzene rings is 1. The lowest BCUT2D eigenvalue weighted by Crippen LogP contribution is -2.24. The number of amides is 1. The Bertz CT molecular complexity index is 1370. The molecule has 0 spiro atoms. The van der Waals surface area contributed by atoms with Crippen LogP contribution in [0.25, 0.3) is 10.9 Å². The van der Waals surface area contributed by atoms with Gasteiger partial charge in [-0.05, 0) is 66.9 Å². The van der Waals surface area contributed by atoms with Gasteiger partial charge in [0.1, 0.15) is 11.9 Å². The Hall–Kier alpha value is -4.31. The number of hydrogen-bond donors (Lipinski definition) is 2. The highest BCUT2D eigenvalue weighted by Gasteiger charge is 2.11. The summed E-state index contributed by atoms with van der Waals surface area (Å²) in [6.07, 6.45) is 4.10. The Labute approximate surface area is 186 Å². The maximum Gasteiger partial charge on any atom is 0.251 e. The number of aryl methyl sites for hydroxylation is 2. The van der Waals surface area contributed by atoms with Crippen LogP contribution in [0.4, 0.5) is 5.82 Å². The molecule has 0 aliphatic rings. The van der Waals surface area contributed by atoms with Gasteiger partial charge in [-0.2, -0.15) is 5.26 Å². The molecule has 158 valence electrons. The van der Waals surface area contributed by atoms with E-state index in [4.69, 9.17) is 11.0 Å². The fraction of sp³-hybridized carbons (Fsp3) is 0.160. The molecule has 3 aromatic heterocycles. The first kappa shape index (κ1) is 20.9. The Balaban J connectivity index is 1.48. The van der Waals surface area contributed by atoms with E-state index in [0.29, 0.717) is 23.2 Å². The van der Waals surface area contributed by atoms with Crippen molar-refractivity contribution >= 4 is 22.6 Å². The molecule has 32 heavy (non-hydrogen) atoms. The van der Waals surface area contributed by atoms with Crippen LogP contribution in [-0.2, 0) is 13.0 Å². The van der Waals surface area contributed by atoms with Gasteiger partial charge in [0, 0.05) is 47.7 Å². The number of pyridine rings is 3. The Kier molecular flexibility index (Phi) is 5.77. The number of carbonyl (C=O) groups is 1. The molecule has 0 saturated carbocycles. The van der Waals surface area contributed by atoms with Crippen molar-refractivity contribution < 1.29 is 4.79 Å². The normalized spacial score (nSPS) is 10.7. The summed E-state index contributed by atoms with van der Waals surface area (Å²) in [6.45, 7) is 4.07. The molecule has 0 atom stereocenters. The monoisotopic (exact) mass is 422 g/mol. The third kappa shape index (κ3) is 4.55. The van der Waals surface area contributed by atoms with Gasteiger partial charge >= 0.3 is 0 Å². The van der Waals surface area contributed by atoms with E-state index in [0.717, 1.165) is 33.3 Å². The van der Waals surface area contributed by atoms with Crippen LogP contribution < -0.4 is 11.1 Å². The third-order valence-electron chi connectivity index (χ3n) is 5.25. The van der Waals surface area contributed by atoms with E-state index in [2.05, 4.69) is 32.4 Å². The van der Waals surface area contributed by atoms with Crippen molar-refractivity contribution in [1.82, 2.24) is 20.3 Å². The largest absolute Gasteiger partial charge is 0.383 e. The minimum Gasteiger partial charge on any atom is -0.383 e. The summed E-state index contributed by atoms with van der Waals surface area (Å²) in [5.41, 5.74) is 11.9. The molecule has 0 bridgehead atoms. The van der Waals surface area contributed by atoms with Crippen LogP contribution in [0.2, 0.25) is 0 Å². The van der Waals surface area contributed by atoms with Crippen LogP contribution in [-0.4, -0.2) is 20.9 Å². The van der Waals surface area contributed by atoms with E-state index >= 15 is 0 Å². The molecule has 0 aliphatic heterocycles. The second kappa shape index (κ2) is 8.82. The molecule has 3 heterocycles. The second-order valence-electron chi connectivity index (χ2n) is 7.71. The predicted octanol–water partition coefficient (Wildman–Crippen LogP) is 3.62. The lowest BCUT2D eigenvalue weighted by Gasteiger charge is -2.10. The second-order valence-corrected chi connectivity index (χ2v) is 7.71. The van der Waals surface area contributed by atoms with E-state index in [9.17, 15) is 4.79 Å². The Morgan fingerprint density at radius 2 is 1.97 bits per heavy atom. The Morgan fingerprint density at radius 1 is 1.12 bits per heavy atom. The molecule has 0 radical (unpaired) electrons. The highest BCUT2D eigenvalue weighted by atomic mass is 16.1. The van der Waals surface area contributed by atoms with Gasteiger partial charge in [0.2, 0.25) is 0 Å². The van der Waals surface area contributed by atoms with E-state index in [-0.39, 0.29) is 18.3 Å². The molecule has 3 N–H and O–H groups in total.